The lowest BCUT2D eigenvalue weighted by atomic mass is 9.84. The molecule has 0 amide bonds. The van der Waals surface area contributed by atoms with Crippen molar-refractivity contribution < 1.29 is 4.43 Å². The number of nitrogens with zero attached hydrogens (tertiary/aromatic N) is 2. The number of aromatic nitrogens is 1. The zero-order valence-electron chi connectivity index (χ0n) is 16.5. The second kappa shape index (κ2) is 6.25. The summed E-state index contributed by atoms with van der Waals surface area (Å²) < 4.78 is 6.65. The number of fused-ring (bicyclic) bond motifs is 3. The van der Waals surface area contributed by atoms with Gasteiger partial charge in [-0.1, -0.05) is 20.8 Å². The maximum atomic E-state index is 6.65. The molecule has 1 saturated carbocycles. The molecule has 3 heterocycles. The predicted molar refractivity (Wildman–Crippen MR) is 108 cm³/mol. The lowest BCUT2D eigenvalue weighted by molar-refractivity contribution is 0.122. The topological polar surface area (TPSA) is 64.7 Å². The van der Waals surface area contributed by atoms with Crippen LogP contribution in [0.25, 0.3) is 5.70 Å². The summed E-state index contributed by atoms with van der Waals surface area (Å²) in [7, 11) is -1.68. The Hall–Kier alpha value is -1.57. The number of rotatable bonds is 3. The SMILES string of the molecule is CC(C)(C)[Si](C)(C)OC1CCC(C2=C3c4cc[nH]c4N=CN3NN2)CC1. The quantitative estimate of drug-likeness (QED) is 0.693. The van der Waals surface area contributed by atoms with E-state index in [-0.39, 0.29) is 5.04 Å². The second-order valence-electron chi connectivity index (χ2n) is 9.21. The minimum Gasteiger partial charge on any atom is -0.414 e. The summed E-state index contributed by atoms with van der Waals surface area (Å²) in [4.78, 5) is 7.65. The molecule has 0 aromatic carbocycles. The average Bonchev–Trinajstić information content (AvgIpc) is 3.20. The Bertz CT molecular complexity index is 737. The number of hydrogen-bond acceptors (Lipinski definition) is 5. The van der Waals surface area contributed by atoms with E-state index in [1.165, 1.54) is 17.0 Å². The fourth-order valence-electron chi connectivity index (χ4n) is 3.86. The van der Waals surface area contributed by atoms with Crippen molar-refractivity contribution in [1.29, 1.82) is 0 Å². The van der Waals surface area contributed by atoms with Crippen LogP contribution in [-0.2, 0) is 4.43 Å². The fraction of sp³-hybridized carbons (Fsp3) is 0.632. The van der Waals surface area contributed by atoms with Crippen LogP contribution in [0.4, 0.5) is 5.82 Å². The number of H-pyrrole nitrogens is 1. The molecular formula is C19H31N5OSi. The van der Waals surface area contributed by atoms with Crippen molar-refractivity contribution in [2.75, 3.05) is 0 Å². The van der Waals surface area contributed by atoms with Gasteiger partial charge in [-0.3, -0.25) is 0 Å². The lowest BCUT2D eigenvalue weighted by Gasteiger charge is -2.41. The Kier molecular flexibility index (Phi) is 4.28. The van der Waals surface area contributed by atoms with Crippen molar-refractivity contribution in [3.63, 3.8) is 0 Å². The third-order valence-corrected chi connectivity index (χ3v) is 11.0. The highest BCUT2D eigenvalue weighted by molar-refractivity contribution is 6.74. The summed E-state index contributed by atoms with van der Waals surface area (Å²) >= 11 is 0. The monoisotopic (exact) mass is 373 g/mol. The molecule has 0 atom stereocenters. The summed E-state index contributed by atoms with van der Waals surface area (Å²) in [5, 5.41) is 2.27. The molecule has 2 aliphatic heterocycles. The summed E-state index contributed by atoms with van der Waals surface area (Å²) in [5.41, 5.74) is 10.3. The van der Waals surface area contributed by atoms with Gasteiger partial charge in [-0.05, 0) is 49.9 Å². The van der Waals surface area contributed by atoms with Gasteiger partial charge in [-0.2, -0.15) is 0 Å². The molecule has 7 heteroatoms. The molecule has 0 spiro atoms. The van der Waals surface area contributed by atoms with Crippen LogP contribution in [-0.4, -0.2) is 30.8 Å². The van der Waals surface area contributed by atoms with Gasteiger partial charge in [0.15, 0.2) is 8.32 Å². The van der Waals surface area contributed by atoms with Gasteiger partial charge in [0.05, 0.1) is 11.4 Å². The Morgan fingerprint density at radius 1 is 1.19 bits per heavy atom. The van der Waals surface area contributed by atoms with E-state index < -0.39 is 8.32 Å². The van der Waals surface area contributed by atoms with E-state index in [1.807, 2.05) is 17.5 Å². The minimum atomic E-state index is -1.68. The molecule has 0 bridgehead atoms. The van der Waals surface area contributed by atoms with E-state index in [4.69, 9.17) is 4.43 Å². The first kappa shape index (κ1) is 17.8. The van der Waals surface area contributed by atoms with Gasteiger partial charge < -0.3 is 14.8 Å². The number of aromatic amines is 1. The van der Waals surface area contributed by atoms with Crippen LogP contribution in [0.5, 0.6) is 0 Å². The van der Waals surface area contributed by atoms with Crippen LogP contribution in [0.15, 0.2) is 23.0 Å². The molecule has 4 rings (SSSR count). The van der Waals surface area contributed by atoms with E-state index in [1.54, 1.807) is 0 Å². The Morgan fingerprint density at radius 2 is 1.92 bits per heavy atom. The van der Waals surface area contributed by atoms with E-state index in [9.17, 15) is 0 Å². The van der Waals surface area contributed by atoms with E-state index >= 15 is 0 Å². The first-order chi connectivity index (χ1) is 12.3. The average molecular weight is 374 g/mol. The fourth-order valence-corrected chi connectivity index (χ4v) is 5.28. The van der Waals surface area contributed by atoms with Crippen LogP contribution in [0, 0.1) is 5.92 Å². The Balaban J connectivity index is 1.46. The smallest absolute Gasteiger partial charge is 0.192 e. The zero-order chi connectivity index (χ0) is 18.5. The maximum Gasteiger partial charge on any atom is 0.192 e. The lowest BCUT2D eigenvalue weighted by Crippen LogP contribution is -2.45. The maximum absolute atomic E-state index is 6.65. The molecule has 142 valence electrons. The van der Waals surface area contributed by atoms with Gasteiger partial charge in [0, 0.05) is 23.8 Å². The van der Waals surface area contributed by atoms with Crippen LogP contribution in [0.2, 0.25) is 18.1 Å². The van der Waals surface area contributed by atoms with Crippen molar-refractivity contribution in [3.05, 3.63) is 23.5 Å². The largest absolute Gasteiger partial charge is 0.414 e. The Morgan fingerprint density at radius 3 is 2.62 bits per heavy atom. The van der Waals surface area contributed by atoms with Crippen molar-refractivity contribution in [1.82, 2.24) is 21.0 Å². The van der Waals surface area contributed by atoms with E-state index in [2.05, 4.69) is 60.9 Å². The molecule has 1 fully saturated rings. The summed E-state index contributed by atoms with van der Waals surface area (Å²) in [5.74, 6) is 1.48. The van der Waals surface area contributed by atoms with Gasteiger partial charge in [0.2, 0.25) is 0 Å². The normalized spacial score (nSPS) is 26.0. The number of hydrazine groups is 2. The molecular weight excluding hydrogens is 342 g/mol. The molecule has 0 radical (unpaired) electrons. The van der Waals surface area contributed by atoms with Gasteiger partial charge >= 0.3 is 0 Å². The Labute approximate surface area is 157 Å². The number of aliphatic imine (C=N–C) groups is 1. The van der Waals surface area contributed by atoms with Crippen molar-refractivity contribution in [3.8, 4) is 0 Å². The molecule has 1 aromatic rings. The highest BCUT2D eigenvalue weighted by atomic mass is 28.4. The highest BCUT2D eigenvalue weighted by Crippen LogP contribution is 2.42. The summed E-state index contributed by atoms with van der Waals surface area (Å²) in [6.45, 7) is 11.7. The van der Waals surface area contributed by atoms with Gasteiger partial charge in [0.25, 0.3) is 0 Å². The van der Waals surface area contributed by atoms with Crippen molar-refractivity contribution >= 4 is 26.2 Å². The predicted octanol–water partition coefficient (Wildman–Crippen LogP) is 4.26. The van der Waals surface area contributed by atoms with Crippen molar-refractivity contribution in [2.45, 2.75) is 70.7 Å². The molecule has 3 N–H and O–H groups in total. The summed E-state index contributed by atoms with van der Waals surface area (Å²) in [6, 6.07) is 2.11. The standard InChI is InChI=1S/C19H31N5OSi/c1-19(2,3)26(4,5)25-14-8-6-13(7-9-14)16-17-15-10-11-20-18(15)21-12-24(17)23-22-16/h10-14,20,22-23H,6-9H2,1-5H3. The molecule has 0 saturated heterocycles. The van der Waals surface area contributed by atoms with E-state index in [0.717, 1.165) is 31.5 Å². The minimum absolute atomic E-state index is 0.276. The molecule has 26 heavy (non-hydrogen) atoms. The first-order valence-electron chi connectivity index (χ1n) is 9.71. The number of nitrogens with one attached hydrogen (secondary N) is 3. The summed E-state index contributed by atoms with van der Waals surface area (Å²) in [6.07, 6.45) is 8.82. The van der Waals surface area contributed by atoms with Crippen LogP contribution in [0.1, 0.15) is 52.0 Å². The van der Waals surface area contributed by atoms with Crippen LogP contribution >= 0.6 is 0 Å². The number of allylic oxidation sites excluding steroid dienone is 1. The van der Waals surface area contributed by atoms with Crippen molar-refractivity contribution in [2.24, 2.45) is 10.9 Å². The first-order valence-corrected chi connectivity index (χ1v) is 12.6. The van der Waals surface area contributed by atoms with Crippen LogP contribution < -0.4 is 11.0 Å². The van der Waals surface area contributed by atoms with Crippen LogP contribution in [0.3, 0.4) is 0 Å². The highest BCUT2D eigenvalue weighted by Gasteiger charge is 2.41. The van der Waals surface area contributed by atoms with Gasteiger partial charge in [-0.15, -0.1) is 5.53 Å². The van der Waals surface area contributed by atoms with Gasteiger partial charge in [0.1, 0.15) is 12.2 Å². The van der Waals surface area contributed by atoms with E-state index in [0.29, 0.717) is 12.0 Å². The molecule has 3 aliphatic rings. The number of hydrogen-bond donors (Lipinski definition) is 3. The molecule has 1 aliphatic carbocycles. The molecule has 1 aromatic heterocycles. The third kappa shape index (κ3) is 3.02. The molecule has 0 unspecified atom stereocenters. The third-order valence-electron chi connectivity index (χ3n) is 6.44. The second-order valence-corrected chi connectivity index (χ2v) is 14.0. The van der Waals surface area contributed by atoms with Gasteiger partial charge in [-0.25, -0.2) is 10.0 Å². The molecule has 6 nitrogen and oxygen atoms in total. The zero-order valence-corrected chi connectivity index (χ0v) is 17.5.